The summed E-state index contributed by atoms with van der Waals surface area (Å²) in [6.45, 7) is 28.7. The van der Waals surface area contributed by atoms with Gasteiger partial charge in [0.1, 0.15) is 0 Å². The van der Waals surface area contributed by atoms with Crippen molar-refractivity contribution in [2.24, 2.45) is 0 Å². The quantitative estimate of drug-likeness (QED) is 0.453. The van der Waals surface area contributed by atoms with Gasteiger partial charge < -0.3 is 0 Å². The Bertz CT molecular complexity index is 1040. The second-order valence-corrected chi connectivity index (χ2v) is 20.9. The molecule has 8 heteroatoms. The van der Waals surface area contributed by atoms with E-state index in [1.807, 2.05) is 0 Å². The summed E-state index contributed by atoms with van der Waals surface area (Å²) in [5, 5.41) is 0. The van der Waals surface area contributed by atoms with Crippen molar-refractivity contribution in [2.45, 2.75) is 105 Å². The Kier molecular flexibility index (Phi) is 6.78. The molecular weight excluding hydrogens is 524 g/mol. The molecule has 2 heterocycles. The van der Waals surface area contributed by atoms with Crippen molar-refractivity contribution in [1.29, 1.82) is 0 Å². The minimum absolute atomic E-state index is 0.0484. The van der Waals surface area contributed by atoms with Crippen molar-refractivity contribution in [3.05, 3.63) is 60.7 Å². The van der Waals surface area contributed by atoms with Crippen molar-refractivity contribution in [3.63, 3.8) is 0 Å². The molecule has 0 radical (unpaired) electrons. The molecule has 2 aromatic rings. The van der Waals surface area contributed by atoms with Crippen LogP contribution in [0.1, 0.15) is 83.1 Å². The van der Waals surface area contributed by atoms with Crippen molar-refractivity contribution in [1.82, 2.24) is 14.9 Å². The van der Waals surface area contributed by atoms with E-state index in [1.54, 1.807) is 0 Å². The van der Waals surface area contributed by atoms with Crippen molar-refractivity contribution in [2.75, 3.05) is 0 Å². The molecule has 0 bridgehead atoms. The summed E-state index contributed by atoms with van der Waals surface area (Å²) in [5.41, 5.74) is 2.22. The van der Waals surface area contributed by atoms with Crippen LogP contribution in [0.15, 0.2) is 60.7 Å². The van der Waals surface area contributed by atoms with Crippen LogP contribution in [0.3, 0.4) is 0 Å². The Morgan fingerprint density at radius 1 is 0.583 bits per heavy atom. The zero-order valence-corrected chi connectivity index (χ0v) is 27.2. The van der Waals surface area contributed by atoms with E-state index in [4.69, 9.17) is 11.5 Å². The van der Waals surface area contributed by atoms with E-state index in [9.17, 15) is 0 Å². The average molecular weight is 571 g/mol. The Hall–Kier alpha value is -0.742. The summed E-state index contributed by atoms with van der Waals surface area (Å²) in [5.74, 6) is -1.64. The molecule has 0 unspecified atom stereocenters. The van der Waals surface area contributed by atoms with E-state index in [1.165, 1.54) is 10.9 Å². The molecule has 0 amide bonds. The second kappa shape index (κ2) is 8.63. The van der Waals surface area contributed by atoms with Crippen LogP contribution in [0.25, 0.3) is 0 Å². The standard InChI is InChI=1S/C28H46AsB2ClN4/c1-25(2,3)33-29(34(26(4,5)6)30(33)23-19-15-13-16-20-23)35(27(7,8)9)31(32,36(29)28(10,11)12)24-21-17-14-18-22-24/h13-22H,1-12H3. The topological polar surface area (TPSA) is 13.0 Å². The van der Waals surface area contributed by atoms with E-state index >= 15 is 0 Å². The third-order valence-corrected chi connectivity index (χ3v) is 20.8. The molecule has 196 valence electrons. The van der Waals surface area contributed by atoms with Crippen LogP contribution in [0.2, 0.25) is 0 Å². The fourth-order valence-electron chi connectivity index (χ4n) is 6.70. The second-order valence-electron chi connectivity index (χ2n) is 14.5. The number of nitrogens with zero attached hydrogens (tertiary/aromatic N) is 4. The Labute approximate surface area is 229 Å². The molecule has 1 spiro atoms. The fraction of sp³-hybridized carbons (Fsp3) is 0.571. The Morgan fingerprint density at radius 3 is 1.28 bits per heavy atom. The van der Waals surface area contributed by atoms with Crippen molar-refractivity contribution < 1.29 is 0 Å². The predicted octanol–water partition coefficient (Wildman–Crippen LogP) is 5.33. The molecule has 0 aromatic heterocycles. The number of hydrogen-bond acceptors (Lipinski definition) is 4. The monoisotopic (exact) mass is 570 g/mol. The predicted molar refractivity (Wildman–Crippen MR) is 162 cm³/mol. The summed E-state index contributed by atoms with van der Waals surface area (Å²) >= 11 is 4.86. The maximum atomic E-state index is 8.06. The molecule has 4 nitrogen and oxygen atoms in total. The molecule has 2 fully saturated rings. The van der Waals surface area contributed by atoms with Gasteiger partial charge in [-0.3, -0.25) is 0 Å². The number of hydrogen-bond donors (Lipinski definition) is 0. The van der Waals surface area contributed by atoms with Gasteiger partial charge in [0.25, 0.3) is 0 Å². The third-order valence-electron chi connectivity index (χ3n) is 7.34. The van der Waals surface area contributed by atoms with Gasteiger partial charge in [0.15, 0.2) is 0 Å². The van der Waals surface area contributed by atoms with Gasteiger partial charge in [-0.05, 0) is 0 Å². The van der Waals surface area contributed by atoms with Gasteiger partial charge in [0.05, 0.1) is 0 Å². The number of benzene rings is 2. The summed E-state index contributed by atoms with van der Waals surface area (Å²) < 4.78 is 11.4. The average Bonchev–Trinajstić information content (AvgIpc) is 2.67. The number of halogens is 1. The molecule has 2 saturated heterocycles. The molecule has 4 rings (SSSR count). The SMILES string of the molecule is CC(C)(C)N1B(c2ccccc2)N(C(C)(C)C)[As+]12N(C(C)(C)C)[B-](Cl)(c1ccccc1)N2C(C)(C)C. The normalized spacial score (nSPS) is 22.0. The van der Waals surface area contributed by atoms with Gasteiger partial charge in [0.2, 0.25) is 0 Å². The maximum absolute atomic E-state index is 8.06. The summed E-state index contributed by atoms with van der Waals surface area (Å²) in [6, 6.07) is 21.9. The van der Waals surface area contributed by atoms with Crippen LogP contribution in [0.4, 0.5) is 0 Å². The number of rotatable bonds is 2. The van der Waals surface area contributed by atoms with E-state index in [0.29, 0.717) is 0 Å². The molecule has 0 atom stereocenters. The van der Waals surface area contributed by atoms with Gasteiger partial charge in [-0.25, -0.2) is 0 Å². The first kappa shape index (κ1) is 28.3. The Balaban J connectivity index is 2.09. The molecular formula is C28H46AsB2ClN4. The third kappa shape index (κ3) is 3.98. The van der Waals surface area contributed by atoms with Gasteiger partial charge in [0, 0.05) is 0 Å². The van der Waals surface area contributed by atoms with Crippen LogP contribution in [0.5, 0.6) is 0 Å². The van der Waals surface area contributed by atoms with Crippen molar-refractivity contribution >= 4 is 49.7 Å². The molecule has 2 aliphatic heterocycles. The zero-order valence-electron chi connectivity index (χ0n) is 24.5. The van der Waals surface area contributed by atoms with Gasteiger partial charge in [-0.15, -0.1) is 0 Å². The first-order valence-corrected chi connectivity index (χ1v) is 17.1. The fourth-order valence-corrected chi connectivity index (χ4v) is 22.3. The van der Waals surface area contributed by atoms with Gasteiger partial charge in [-0.2, -0.15) is 0 Å². The summed E-state index contributed by atoms with van der Waals surface area (Å²) in [4.78, 5) is 0. The van der Waals surface area contributed by atoms with Crippen LogP contribution in [-0.4, -0.2) is 64.3 Å². The molecule has 2 aromatic carbocycles. The van der Waals surface area contributed by atoms with Crippen molar-refractivity contribution in [3.8, 4) is 0 Å². The molecule has 0 N–H and O–H groups in total. The zero-order chi connectivity index (χ0) is 27.1. The van der Waals surface area contributed by atoms with E-state index in [0.717, 1.165) is 0 Å². The summed E-state index contributed by atoms with van der Waals surface area (Å²) in [6.07, 6.45) is 0. The Morgan fingerprint density at radius 2 is 0.944 bits per heavy atom. The van der Waals surface area contributed by atoms with E-state index in [-0.39, 0.29) is 29.1 Å². The van der Waals surface area contributed by atoms with Crippen LogP contribution < -0.4 is 10.9 Å². The summed E-state index contributed by atoms with van der Waals surface area (Å²) in [7, 11) is 0. The van der Waals surface area contributed by atoms with Crippen LogP contribution in [-0.2, 0) is 0 Å². The molecule has 36 heavy (non-hydrogen) atoms. The molecule has 0 saturated carbocycles. The van der Waals surface area contributed by atoms with Crippen LogP contribution >= 0.6 is 11.5 Å². The van der Waals surface area contributed by atoms with E-state index in [2.05, 4.69) is 159 Å². The first-order chi connectivity index (χ1) is 16.3. The molecule has 0 aliphatic carbocycles. The molecule has 2 aliphatic rings. The first-order valence-electron chi connectivity index (χ1n) is 13.3. The van der Waals surface area contributed by atoms with Gasteiger partial charge in [-0.1, -0.05) is 0 Å². The van der Waals surface area contributed by atoms with Gasteiger partial charge >= 0.3 is 230 Å². The van der Waals surface area contributed by atoms with Crippen LogP contribution in [0, 0.1) is 0 Å². The van der Waals surface area contributed by atoms with E-state index < -0.39 is 20.3 Å². The minimum atomic E-state index is -3.20.